The molecule has 0 radical (unpaired) electrons. The molecular formula is C18H22N2O3. The van der Waals surface area contributed by atoms with E-state index in [0.717, 1.165) is 19.4 Å². The van der Waals surface area contributed by atoms with Crippen LogP contribution in [0.15, 0.2) is 48.5 Å². The van der Waals surface area contributed by atoms with Gasteiger partial charge in [0.2, 0.25) is 0 Å². The fraction of sp³-hybridized carbons (Fsp3) is 0.278. The zero-order valence-electron chi connectivity index (χ0n) is 12.9. The van der Waals surface area contributed by atoms with Crippen LogP contribution in [0.3, 0.4) is 0 Å². The zero-order chi connectivity index (χ0) is 16.7. The van der Waals surface area contributed by atoms with Crippen molar-refractivity contribution in [3.8, 4) is 5.75 Å². The Morgan fingerprint density at radius 2 is 1.91 bits per heavy atom. The third-order valence-electron chi connectivity index (χ3n) is 3.67. The van der Waals surface area contributed by atoms with Crippen LogP contribution in [-0.4, -0.2) is 29.2 Å². The highest BCUT2D eigenvalue weighted by molar-refractivity contribution is 5.95. The minimum absolute atomic E-state index is 0.0191. The molecule has 0 fully saturated rings. The molecule has 2 aromatic carbocycles. The van der Waals surface area contributed by atoms with E-state index in [1.807, 2.05) is 18.2 Å². The van der Waals surface area contributed by atoms with E-state index in [4.69, 9.17) is 5.73 Å². The van der Waals surface area contributed by atoms with E-state index in [1.165, 1.54) is 17.7 Å². The lowest BCUT2D eigenvalue weighted by molar-refractivity contribution is 0.0997. The van der Waals surface area contributed by atoms with Crippen molar-refractivity contribution in [2.24, 2.45) is 5.73 Å². The number of hydrogen-bond donors (Lipinski definition) is 4. The number of benzene rings is 2. The molecule has 0 saturated heterocycles. The second-order valence-electron chi connectivity index (χ2n) is 5.45. The number of nitrogens with two attached hydrogens (primary N) is 1. The summed E-state index contributed by atoms with van der Waals surface area (Å²) >= 11 is 0. The summed E-state index contributed by atoms with van der Waals surface area (Å²) in [6.07, 6.45) is 1.19. The molecule has 0 saturated carbocycles. The summed E-state index contributed by atoms with van der Waals surface area (Å²) in [6.45, 7) is 1.16. The van der Waals surface area contributed by atoms with Crippen molar-refractivity contribution in [1.82, 2.24) is 5.32 Å². The van der Waals surface area contributed by atoms with Gasteiger partial charge in [-0.15, -0.1) is 0 Å². The Kier molecular flexibility index (Phi) is 6.14. The molecule has 5 N–H and O–H groups in total. The first-order chi connectivity index (χ1) is 11.1. The number of nitrogens with one attached hydrogen (secondary N) is 1. The van der Waals surface area contributed by atoms with E-state index in [2.05, 4.69) is 17.4 Å². The normalized spacial score (nSPS) is 12.0. The molecule has 0 aromatic heterocycles. The Bertz CT molecular complexity index is 644. The number of hydrogen-bond acceptors (Lipinski definition) is 4. The monoisotopic (exact) mass is 314 g/mol. The number of aliphatic hydroxyl groups is 1. The van der Waals surface area contributed by atoms with Crippen molar-refractivity contribution in [3.05, 3.63) is 65.2 Å². The van der Waals surface area contributed by atoms with Crippen molar-refractivity contribution < 1.29 is 15.0 Å². The maximum Gasteiger partial charge on any atom is 0.252 e. The predicted molar refractivity (Wildman–Crippen MR) is 89.2 cm³/mol. The molecule has 0 heterocycles. The number of carbonyl (C=O) groups is 1. The number of carbonyl (C=O) groups excluding carboxylic acids is 1. The van der Waals surface area contributed by atoms with Gasteiger partial charge < -0.3 is 21.3 Å². The highest BCUT2D eigenvalue weighted by Gasteiger charge is 2.13. The van der Waals surface area contributed by atoms with Gasteiger partial charge in [-0.1, -0.05) is 36.4 Å². The first-order valence-corrected chi connectivity index (χ1v) is 7.63. The number of aliphatic hydroxyl groups excluding tert-OH is 1. The molecule has 0 aliphatic rings. The highest BCUT2D eigenvalue weighted by atomic mass is 16.3. The lowest BCUT2D eigenvalue weighted by atomic mass is 10.0. The van der Waals surface area contributed by atoms with Gasteiger partial charge >= 0.3 is 0 Å². The summed E-state index contributed by atoms with van der Waals surface area (Å²) in [5.74, 6) is -0.892. The summed E-state index contributed by atoms with van der Waals surface area (Å²) in [7, 11) is 0. The number of primary amides is 1. The van der Waals surface area contributed by atoms with Gasteiger partial charge in [0.25, 0.3) is 5.91 Å². The molecule has 0 aliphatic heterocycles. The standard InChI is InChI=1S/C18H22N2O3/c19-18(23)15-11-14(8-9-16(15)21)17(22)12-20-10-4-7-13-5-2-1-3-6-13/h1-3,5-6,8-9,11,17,20-22H,4,7,10,12H2,(H2,19,23). The minimum atomic E-state index is -0.759. The number of phenols is 1. The first kappa shape index (κ1) is 17.0. The summed E-state index contributed by atoms with van der Waals surface area (Å²) < 4.78 is 0. The maximum absolute atomic E-state index is 11.2. The van der Waals surface area contributed by atoms with Crippen LogP contribution in [0.5, 0.6) is 5.75 Å². The molecule has 1 unspecified atom stereocenters. The number of aromatic hydroxyl groups is 1. The van der Waals surface area contributed by atoms with Gasteiger partial charge in [-0.05, 0) is 42.6 Å². The van der Waals surface area contributed by atoms with Gasteiger partial charge in [0.15, 0.2) is 0 Å². The van der Waals surface area contributed by atoms with Crippen LogP contribution in [0.25, 0.3) is 0 Å². The Balaban J connectivity index is 1.77. The Morgan fingerprint density at radius 3 is 2.61 bits per heavy atom. The Morgan fingerprint density at radius 1 is 1.17 bits per heavy atom. The van der Waals surface area contributed by atoms with E-state index >= 15 is 0 Å². The molecule has 5 nitrogen and oxygen atoms in total. The number of amides is 1. The van der Waals surface area contributed by atoms with Crippen molar-refractivity contribution in [1.29, 1.82) is 0 Å². The van der Waals surface area contributed by atoms with Gasteiger partial charge in [-0.25, -0.2) is 0 Å². The zero-order valence-corrected chi connectivity index (χ0v) is 12.9. The third kappa shape index (κ3) is 5.09. The molecule has 0 spiro atoms. The molecule has 5 heteroatoms. The van der Waals surface area contributed by atoms with Crippen LogP contribution in [0.2, 0.25) is 0 Å². The van der Waals surface area contributed by atoms with E-state index in [9.17, 15) is 15.0 Å². The van der Waals surface area contributed by atoms with Crippen molar-refractivity contribution >= 4 is 5.91 Å². The number of rotatable bonds is 8. The van der Waals surface area contributed by atoms with Gasteiger partial charge in [-0.3, -0.25) is 4.79 Å². The quantitative estimate of drug-likeness (QED) is 0.558. The Hall–Kier alpha value is -2.37. The van der Waals surface area contributed by atoms with Crippen LogP contribution in [0, 0.1) is 0 Å². The molecule has 2 rings (SSSR count). The van der Waals surface area contributed by atoms with Crippen molar-refractivity contribution in [3.63, 3.8) is 0 Å². The lowest BCUT2D eigenvalue weighted by Gasteiger charge is -2.13. The second-order valence-corrected chi connectivity index (χ2v) is 5.45. The van der Waals surface area contributed by atoms with Gasteiger partial charge in [0.05, 0.1) is 11.7 Å². The molecule has 23 heavy (non-hydrogen) atoms. The van der Waals surface area contributed by atoms with E-state index in [1.54, 1.807) is 6.07 Å². The predicted octanol–water partition coefficient (Wildman–Crippen LogP) is 1.75. The largest absolute Gasteiger partial charge is 0.507 e. The first-order valence-electron chi connectivity index (χ1n) is 7.63. The van der Waals surface area contributed by atoms with Crippen LogP contribution in [-0.2, 0) is 6.42 Å². The van der Waals surface area contributed by atoms with E-state index in [-0.39, 0.29) is 11.3 Å². The molecule has 0 aliphatic carbocycles. The summed E-state index contributed by atoms with van der Waals surface area (Å²) in [4.78, 5) is 11.2. The molecule has 1 atom stereocenters. The van der Waals surface area contributed by atoms with Gasteiger partial charge in [-0.2, -0.15) is 0 Å². The molecule has 1 amide bonds. The molecule has 0 bridgehead atoms. The lowest BCUT2D eigenvalue weighted by Crippen LogP contribution is -2.23. The maximum atomic E-state index is 11.2. The molecule has 2 aromatic rings. The SMILES string of the molecule is NC(=O)c1cc(C(O)CNCCCc2ccccc2)ccc1O. The summed E-state index contributed by atoms with van der Waals surface area (Å²) in [5, 5.41) is 22.9. The van der Waals surface area contributed by atoms with E-state index < -0.39 is 12.0 Å². The summed E-state index contributed by atoms with van der Waals surface area (Å²) in [5.41, 5.74) is 7.04. The summed E-state index contributed by atoms with van der Waals surface area (Å²) in [6, 6.07) is 14.6. The average molecular weight is 314 g/mol. The van der Waals surface area contributed by atoms with E-state index in [0.29, 0.717) is 12.1 Å². The highest BCUT2D eigenvalue weighted by Crippen LogP contribution is 2.21. The molecule has 122 valence electrons. The van der Waals surface area contributed by atoms with Crippen LogP contribution in [0.1, 0.15) is 34.0 Å². The fourth-order valence-corrected chi connectivity index (χ4v) is 2.38. The van der Waals surface area contributed by atoms with Crippen LogP contribution < -0.4 is 11.1 Å². The second kappa shape index (κ2) is 8.31. The molecular weight excluding hydrogens is 292 g/mol. The average Bonchev–Trinajstić information content (AvgIpc) is 2.55. The van der Waals surface area contributed by atoms with Gasteiger partial charge in [0.1, 0.15) is 5.75 Å². The Labute approximate surface area is 135 Å². The minimum Gasteiger partial charge on any atom is -0.507 e. The smallest absolute Gasteiger partial charge is 0.252 e. The van der Waals surface area contributed by atoms with Crippen LogP contribution >= 0.6 is 0 Å². The van der Waals surface area contributed by atoms with Gasteiger partial charge in [0, 0.05) is 6.54 Å². The topological polar surface area (TPSA) is 95.6 Å². The number of aryl methyl sites for hydroxylation is 1. The van der Waals surface area contributed by atoms with Crippen LogP contribution in [0.4, 0.5) is 0 Å². The fourth-order valence-electron chi connectivity index (χ4n) is 2.38. The van der Waals surface area contributed by atoms with Crippen molar-refractivity contribution in [2.45, 2.75) is 18.9 Å². The third-order valence-corrected chi connectivity index (χ3v) is 3.67. The van der Waals surface area contributed by atoms with Crippen molar-refractivity contribution in [2.75, 3.05) is 13.1 Å².